The molecule has 2 aromatic rings. The Hall–Kier alpha value is -2.32. The van der Waals surface area contributed by atoms with Crippen LogP contribution in [0.1, 0.15) is 43.6 Å². The van der Waals surface area contributed by atoms with Crippen LogP contribution in [-0.2, 0) is 35.6 Å². The van der Waals surface area contributed by atoms with Gasteiger partial charge in [-0.25, -0.2) is 4.68 Å². The van der Waals surface area contributed by atoms with E-state index < -0.39 is 0 Å². The molecule has 28 heavy (non-hydrogen) atoms. The van der Waals surface area contributed by atoms with E-state index in [4.69, 9.17) is 4.74 Å². The minimum Gasteiger partial charge on any atom is -0.377 e. The third-order valence-electron chi connectivity index (χ3n) is 5.22. The number of rotatable bonds is 9. The second kappa shape index (κ2) is 9.25. The van der Waals surface area contributed by atoms with Gasteiger partial charge >= 0.3 is 0 Å². The predicted octanol–water partition coefficient (Wildman–Crippen LogP) is 1.55. The van der Waals surface area contributed by atoms with Gasteiger partial charge in [-0.2, -0.15) is 0 Å². The molecule has 0 saturated heterocycles. The SMILES string of the molecule is COC(C)(C)CNC(=O)CCCn1nnnc1CN1CCc2ccccc2C1. The number of carbonyl (C=O) groups is 1. The molecule has 0 aliphatic carbocycles. The summed E-state index contributed by atoms with van der Waals surface area (Å²) in [6, 6.07) is 8.58. The number of fused-ring (bicyclic) bond motifs is 1. The van der Waals surface area contributed by atoms with Crippen LogP contribution >= 0.6 is 0 Å². The Kier molecular flexibility index (Phi) is 6.74. The standard InChI is InChI=1S/C20H30N6O2/c1-20(2,28-3)15-21-19(27)9-6-11-26-18(22-23-24-26)14-25-12-10-16-7-4-5-8-17(16)13-25/h4-5,7-8H,6,9-15H2,1-3H3,(H,21,27). The largest absolute Gasteiger partial charge is 0.377 e. The van der Waals surface area contributed by atoms with Crippen LogP contribution in [0.2, 0.25) is 0 Å². The quantitative estimate of drug-likeness (QED) is 0.704. The third kappa shape index (κ3) is 5.59. The number of nitrogens with zero attached hydrogens (tertiary/aromatic N) is 5. The van der Waals surface area contributed by atoms with Crippen molar-refractivity contribution >= 4 is 5.91 Å². The van der Waals surface area contributed by atoms with Gasteiger partial charge in [-0.1, -0.05) is 24.3 Å². The molecule has 0 fully saturated rings. The lowest BCUT2D eigenvalue weighted by Gasteiger charge is -2.28. The van der Waals surface area contributed by atoms with Crippen molar-refractivity contribution in [3.8, 4) is 0 Å². The summed E-state index contributed by atoms with van der Waals surface area (Å²) in [5.74, 6) is 0.868. The highest BCUT2D eigenvalue weighted by Gasteiger charge is 2.19. The molecular formula is C20H30N6O2. The molecule has 1 aromatic carbocycles. The average Bonchev–Trinajstić information content (AvgIpc) is 3.13. The molecule has 1 aromatic heterocycles. The molecule has 0 unspecified atom stereocenters. The van der Waals surface area contributed by atoms with Crippen molar-refractivity contribution in [3.05, 3.63) is 41.2 Å². The summed E-state index contributed by atoms with van der Waals surface area (Å²) in [6.07, 6.45) is 2.19. The monoisotopic (exact) mass is 386 g/mol. The number of methoxy groups -OCH3 is 1. The first-order chi connectivity index (χ1) is 13.5. The van der Waals surface area contributed by atoms with E-state index in [1.54, 1.807) is 7.11 Å². The van der Waals surface area contributed by atoms with E-state index in [-0.39, 0.29) is 11.5 Å². The maximum atomic E-state index is 12.0. The number of hydrogen-bond donors (Lipinski definition) is 1. The smallest absolute Gasteiger partial charge is 0.220 e. The third-order valence-corrected chi connectivity index (χ3v) is 5.22. The minimum absolute atomic E-state index is 0.0207. The van der Waals surface area contributed by atoms with Gasteiger partial charge in [0.1, 0.15) is 0 Å². The Bertz CT molecular complexity index is 789. The Morgan fingerprint density at radius 2 is 2.07 bits per heavy atom. The van der Waals surface area contributed by atoms with E-state index in [1.807, 2.05) is 18.5 Å². The lowest BCUT2D eigenvalue weighted by molar-refractivity contribution is -0.122. The molecular weight excluding hydrogens is 356 g/mol. The van der Waals surface area contributed by atoms with Crippen molar-refractivity contribution in [1.82, 2.24) is 30.4 Å². The van der Waals surface area contributed by atoms with Crippen molar-refractivity contribution in [3.63, 3.8) is 0 Å². The number of tetrazole rings is 1. The van der Waals surface area contributed by atoms with Gasteiger partial charge in [-0.15, -0.1) is 5.10 Å². The van der Waals surface area contributed by atoms with Crippen LogP contribution in [0.25, 0.3) is 0 Å². The van der Waals surface area contributed by atoms with Crippen molar-refractivity contribution < 1.29 is 9.53 Å². The summed E-state index contributed by atoms with van der Waals surface area (Å²) in [5, 5.41) is 15.0. The summed E-state index contributed by atoms with van der Waals surface area (Å²) in [4.78, 5) is 14.4. The van der Waals surface area contributed by atoms with Crippen LogP contribution in [0.5, 0.6) is 0 Å². The lowest BCUT2D eigenvalue weighted by Crippen LogP contribution is -2.39. The Morgan fingerprint density at radius 1 is 1.29 bits per heavy atom. The van der Waals surface area contributed by atoms with Gasteiger partial charge in [0.05, 0.1) is 12.1 Å². The van der Waals surface area contributed by atoms with Crippen LogP contribution in [0.3, 0.4) is 0 Å². The molecule has 0 spiro atoms. The number of nitrogens with one attached hydrogen (secondary N) is 1. The molecule has 3 rings (SSSR count). The first-order valence-electron chi connectivity index (χ1n) is 9.83. The molecule has 1 N–H and O–H groups in total. The zero-order valence-corrected chi connectivity index (χ0v) is 17.0. The zero-order valence-electron chi connectivity index (χ0n) is 17.0. The highest BCUT2D eigenvalue weighted by atomic mass is 16.5. The topological polar surface area (TPSA) is 85.2 Å². The number of aromatic nitrogens is 4. The number of ether oxygens (including phenoxy) is 1. The lowest BCUT2D eigenvalue weighted by atomic mass is 10.00. The first-order valence-corrected chi connectivity index (χ1v) is 9.83. The van der Waals surface area contributed by atoms with Gasteiger partial charge in [0, 0.05) is 39.7 Å². The van der Waals surface area contributed by atoms with Gasteiger partial charge in [-0.3, -0.25) is 9.69 Å². The van der Waals surface area contributed by atoms with E-state index >= 15 is 0 Å². The van der Waals surface area contributed by atoms with E-state index in [0.717, 1.165) is 31.9 Å². The van der Waals surface area contributed by atoms with Crippen LogP contribution in [0, 0.1) is 0 Å². The fraction of sp³-hybridized carbons (Fsp3) is 0.600. The highest BCUT2D eigenvalue weighted by molar-refractivity contribution is 5.75. The average molecular weight is 387 g/mol. The summed E-state index contributed by atoms with van der Waals surface area (Å²) in [7, 11) is 1.65. The molecule has 8 heteroatoms. The van der Waals surface area contributed by atoms with Crippen molar-refractivity contribution in [2.45, 2.75) is 58.3 Å². The molecule has 0 radical (unpaired) electrons. The minimum atomic E-state index is -0.355. The first kappa shape index (κ1) is 20.4. The summed E-state index contributed by atoms with van der Waals surface area (Å²) in [5.41, 5.74) is 2.45. The molecule has 1 amide bonds. The maximum absolute atomic E-state index is 12.0. The maximum Gasteiger partial charge on any atom is 0.220 e. The molecule has 0 saturated carbocycles. The van der Waals surface area contributed by atoms with Crippen LogP contribution in [0.4, 0.5) is 0 Å². The Balaban J connectivity index is 1.45. The Morgan fingerprint density at radius 3 is 2.86 bits per heavy atom. The fourth-order valence-electron chi connectivity index (χ4n) is 3.26. The van der Waals surface area contributed by atoms with Crippen LogP contribution < -0.4 is 5.32 Å². The van der Waals surface area contributed by atoms with E-state index in [2.05, 4.69) is 50.0 Å². The summed E-state index contributed by atoms with van der Waals surface area (Å²) >= 11 is 0. The molecule has 2 heterocycles. The molecule has 1 aliphatic heterocycles. The number of aryl methyl sites for hydroxylation is 1. The Labute approximate surface area is 166 Å². The highest BCUT2D eigenvalue weighted by Crippen LogP contribution is 2.19. The van der Waals surface area contributed by atoms with Gasteiger partial charge < -0.3 is 10.1 Å². The van der Waals surface area contributed by atoms with Crippen molar-refractivity contribution in [2.24, 2.45) is 0 Å². The molecule has 0 atom stereocenters. The fourth-order valence-corrected chi connectivity index (χ4v) is 3.26. The number of benzene rings is 1. The van der Waals surface area contributed by atoms with E-state index in [9.17, 15) is 4.79 Å². The second-order valence-electron chi connectivity index (χ2n) is 7.89. The molecule has 152 valence electrons. The zero-order chi connectivity index (χ0) is 20.0. The van der Waals surface area contributed by atoms with Crippen molar-refractivity contribution in [2.75, 3.05) is 20.2 Å². The van der Waals surface area contributed by atoms with E-state index in [0.29, 0.717) is 25.9 Å². The van der Waals surface area contributed by atoms with Crippen LogP contribution in [0.15, 0.2) is 24.3 Å². The second-order valence-corrected chi connectivity index (χ2v) is 7.89. The van der Waals surface area contributed by atoms with Gasteiger partial charge in [0.25, 0.3) is 0 Å². The predicted molar refractivity (Wildman–Crippen MR) is 105 cm³/mol. The summed E-state index contributed by atoms with van der Waals surface area (Å²) < 4.78 is 7.12. The van der Waals surface area contributed by atoms with E-state index in [1.165, 1.54) is 11.1 Å². The molecule has 1 aliphatic rings. The molecule has 8 nitrogen and oxygen atoms in total. The van der Waals surface area contributed by atoms with Gasteiger partial charge in [0.2, 0.25) is 5.91 Å². The van der Waals surface area contributed by atoms with Gasteiger partial charge in [0.15, 0.2) is 5.82 Å². The number of amides is 1. The summed E-state index contributed by atoms with van der Waals surface area (Å²) in [6.45, 7) is 7.65. The van der Waals surface area contributed by atoms with Crippen molar-refractivity contribution in [1.29, 1.82) is 0 Å². The molecule has 0 bridgehead atoms. The number of carbonyl (C=O) groups excluding carboxylic acids is 1. The normalized spacial score (nSPS) is 14.7. The number of hydrogen-bond acceptors (Lipinski definition) is 6. The van der Waals surface area contributed by atoms with Gasteiger partial charge in [-0.05, 0) is 48.2 Å². The van der Waals surface area contributed by atoms with Crippen LogP contribution in [-0.4, -0.2) is 56.8 Å².